The zero-order valence-corrected chi connectivity index (χ0v) is 16.1. The summed E-state index contributed by atoms with van der Waals surface area (Å²) in [7, 11) is 0. The van der Waals surface area contributed by atoms with Gasteiger partial charge in [0.1, 0.15) is 0 Å². The third-order valence-electron chi connectivity index (χ3n) is 6.71. The van der Waals surface area contributed by atoms with Gasteiger partial charge in [-0.2, -0.15) is 0 Å². The van der Waals surface area contributed by atoms with Crippen LogP contribution in [0.3, 0.4) is 0 Å². The lowest BCUT2D eigenvalue weighted by Gasteiger charge is -2.60. The number of esters is 1. The summed E-state index contributed by atoms with van der Waals surface area (Å²) in [6.45, 7) is 1.90. The molecule has 5 fully saturated rings. The van der Waals surface area contributed by atoms with Crippen molar-refractivity contribution in [3.63, 3.8) is 0 Å². The van der Waals surface area contributed by atoms with Crippen LogP contribution in [0.15, 0.2) is 0 Å². The summed E-state index contributed by atoms with van der Waals surface area (Å²) in [6, 6.07) is 0.201. The Morgan fingerprint density at radius 1 is 1.21 bits per heavy atom. The predicted molar refractivity (Wildman–Crippen MR) is 94.7 cm³/mol. The van der Waals surface area contributed by atoms with Crippen LogP contribution in [-0.4, -0.2) is 28.8 Å². The van der Waals surface area contributed by atoms with E-state index in [2.05, 4.69) is 21.2 Å². The van der Waals surface area contributed by atoms with Gasteiger partial charge in [0, 0.05) is 10.4 Å². The average Bonchev–Trinajstić information content (AvgIpc) is 3.26. The normalized spacial score (nSPS) is 41.1. The van der Waals surface area contributed by atoms with E-state index in [1.165, 1.54) is 32.1 Å². The second-order valence-electron chi connectivity index (χ2n) is 9.14. The minimum Gasteiger partial charge on any atom is -0.456 e. The molecule has 0 aromatic rings. The van der Waals surface area contributed by atoms with E-state index in [9.17, 15) is 9.59 Å². The standard InChI is InChI=1S/C19H28BrNO3/c1-12(15-2-3-15)21-16(22)10-24-17(23)9-18-5-13-4-14(6-18)8-19(20,7-13)11-18/h12-15H,2-11H2,1H3,(H,21,22)/t12-,13-,14+,18?,19?/m0/s1. The maximum Gasteiger partial charge on any atom is 0.306 e. The van der Waals surface area contributed by atoms with Crippen LogP contribution < -0.4 is 5.32 Å². The van der Waals surface area contributed by atoms with Gasteiger partial charge in [0.2, 0.25) is 0 Å². The highest BCUT2D eigenvalue weighted by atomic mass is 79.9. The van der Waals surface area contributed by atoms with Crippen molar-refractivity contribution in [1.82, 2.24) is 5.32 Å². The molecule has 4 nitrogen and oxygen atoms in total. The van der Waals surface area contributed by atoms with Crippen molar-refractivity contribution in [2.75, 3.05) is 6.61 Å². The molecule has 5 aliphatic rings. The molecule has 1 amide bonds. The molecule has 0 aromatic heterocycles. The topological polar surface area (TPSA) is 55.4 Å². The molecular formula is C19H28BrNO3. The summed E-state index contributed by atoms with van der Waals surface area (Å²) in [4.78, 5) is 24.3. The minimum absolute atomic E-state index is 0.114. The van der Waals surface area contributed by atoms with Crippen molar-refractivity contribution >= 4 is 27.8 Å². The molecule has 1 N–H and O–H groups in total. The van der Waals surface area contributed by atoms with Crippen molar-refractivity contribution < 1.29 is 14.3 Å². The number of rotatable bonds is 6. The first-order valence-electron chi connectivity index (χ1n) is 9.49. The van der Waals surface area contributed by atoms with Crippen molar-refractivity contribution in [2.45, 2.75) is 75.1 Å². The quantitative estimate of drug-likeness (QED) is 0.550. The van der Waals surface area contributed by atoms with Crippen LogP contribution in [0.1, 0.15) is 64.7 Å². The Balaban J connectivity index is 1.27. The van der Waals surface area contributed by atoms with Crippen LogP contribution in [0.2, 0.25) is 0 Å². The van der Waals surface area contributed by atoms with E-state index >= 15 is 0 Å². The molecule has 5 heteroatoms. The predicted octanol–water partition coefficient (Wildman–Crippen LogP) is 3.57. The van der Waals surface area contributed by atoms with E-state index in [0.717, 1.165) is 31.1 Å². The molecule has 0 spiro atoms. The van der Waals surface area contributed by atoms with Crippen molar-refractivity contribution in [3.05, 3.63) is 0 Å². The van der Waals surface area contributed by atoms with Crippen molar-refractivity contribution in [3.8, 4) is 0 Å². The molecule has 5 atom stereocenters. The summed E-state index contributed by atoms with van der Waals surface area (Å²) in [5.74, 6) is 1.79. The first kappa shape index (κ1) is 16.9. The third kappa shape index (κ3) is 3.51. The Labute approximate surface area is 152 Å². The van der Waals surface area contributed by atoms with Gasteiger partial charge in [0.05, 0.1) is 6.42 Å². The highest BCUT2D eigenvalue weighted by Gasteiger charge is 2.57. The summed E-state index contributed by atoms with van der Waals surface area (Å²) in [5, 5.41) is 2.94. The zero-order valence-electron chi connectivity index (χ0n) is 14.5. The van der Waals surface area contributed by atoms with Crippen LogP contribution in [0, 0.1) is 23.2 Å². The molecule has 134 valence electrons. The SMILES string of the molecule is C[C@H](NC(=O)COC(=O)CC12C[C@@H]3C[C@@H](CC(Br)(C3)C1)C2)C1CC1. The second-order valence-corrected chi connectivity index (χ2v) is 10.8. The van der Waals surface area contributed by atoms with Gasteiger partial charge >= 0.3 is 5.97 Å². The van der Waals surface area contributed by atoms with E-state index in [1.54, 1.807) is 0 Å². The van der Waals surface area contributed by atoms with Gasteiger partial charge in [-0.1, -0.05) is 15.9 Å². The molecule has 2 unspecified atom stereocenters. The largest absolute Gasteiger partial charge is 0.456 e. The molecule has 0 radical (unpaired) electrons. The average molecular weight is 398 g/mol. The lowest BCUT2D eigenvalue weighted by Crippen LogP contribution is -2.53. The highest BCUT2D eigenvalue weighted by Crippen LogP contribution is 2.65. The van der Waals surface area contributed by atoms with Crippen LogP contribution >= 0.6 is 15.9 Å². The van der Waals surface area contributed by atoms with Gasteiger partial charge in [0.25, 0.3) is 5.91 Å². The number of ether oxygens (including phenoxy) is 1. The maximum absolute atomic E-state index is 12.4. The molecule has 0 aromatic carbocycles. The molecule has 5 rings (SSSR count). The second kappa shape index (κ2) is 6.00. The Morgan fingerprint density at radius 3 is 2.46 bits per heavy atom. The Morgan fingerprint density at radius 2 is 1.88 bits per heavy atom. The zero-order chi connectivity index (χ0) is 16.9. The fourth-order valence-electron chi connectivity index (χ4n) is 6.06. The lowest BCUT2D eigenvalue weighted by atomic mass is 9.49. The van der Waals surface area contributed by atoms with E-state index in [4.69, 9.17) is 4.74 Å². The maximum atomic E-state index is 12.4. The van der Waals surface area contributed by atoms with Crippen molar-refractivity contribution in [1.29, 1.82) is 0 Å². The summed E-state index contributed by atoms with van der Waals surface area (Å²) in [5.41, 5.74) is 0.114. The molecule has 5 saturated carbocycles. The van der Waals surface area contributed by atoms with Gasteiger partial charge in [0.15, 0.2) is 6.61 Å². The number of amides is 1. The number of hydrogen-bond donors (Lipinski definition) is 1. The smallest absolute Gasteiger partial charge is 0.306 e. The van der Waals surface area contributed by atoms with Crippen LogP contribution in [0.25, 0.3) is 0 Å². The van der Waals surface area contributed by atoms with Gasteiger partial charge in [-0.15, -0.1) is 0 Å². The van der Waals surface area contributed by atoms with Crippen LogP contribution in [0.5, 0.6) is 0 Å². The van der Waals surface area contributed by atoms with Crippen LogP contribution in [0.4, 0.5) is 0 Å². The summed E-state index contributed by atoms with van der Waals surface area (Å²) < 4.78 is 5.57. The van der Waals surface area contributed by atoms with E-state index in [0.29, 0.717) is 12.3 Å². The Hall–Kier alpha value is -0.580. The lowest BCUT2D eigenvalue weighted by molar-refractivity contribution is -0.154. The molecule has 4 bridgehead atoms. The van der Waals surface area contributed by atoms with Gasteiger partial charge in [-0.3, -0.25) is 9.59 Å². The Kier molecular flexibility index (Phi) is 4.21. The first-order chi connectivity index (χ1) is 11.3. The number of halogens is 1. The minimum atomic E-state index is -0.192. The number of nitrogens with one attached hydrogen (secondary N) is 1. The summed E-state index contributed by atoms with van der Waals surface area (Å²) in [6.07, 6.45) is 10.2. The highest BCUT2D eigenvalue weighted by molar-refractivity contribution is 9.10. The molecule has 24 heavy (non-hydrogen) atoms. The molecule has 5 aliphatic carbocycles. The molecule has 0 heterocycles. The van der Waals surface area contributed by atoms with E-state index < -0.39 is 0 Å². The number of hydrogen-bond acceptors (Lipinski definition) is 3. The fourth-order valence-corrected chi connectivity index (χ4v) is 7.57. The molecule has 0 aliphatic heterocycles. The van der Waals surface area contributed by atoms with Gasteiger partial charge in [-0.05, 0) is 81.5 Å². The van der Waals surface area contributed by atoms with E-state index in [-0.39, 0.29) is 34.3 Å². The monoisotopic (exact) mass is 397 g/mol. The number of carbonyl (C=O) groups is 2. The number of alkyl halides is 1. The van der Waals surface area contributed by atoms with Gasteiger partial charge < -0.3 is 10.1 Å². The number of carbonyl (C=O) groups excluding carboxylic acids is 2. The summed E-state index contributed by atoms with van der Waals surface area (Å²) >= 11 is 3.98. The van der Waals surface area contributed by atoms with Gasteiger partial charge in [-0.25, -0.2) is 0 Å². The Bertz CT molecular complexity index is 531. The fraction of sp³-hybridized carbons (Fsp3) is 0.895. The van der Waals surface area contributed by atoms with E-state index in [1.807, 2.05) is 6.92 Å². The molecule has 0 saturated heterocycles. The third-order valence-corrected chi connectivity index (χ3v) is 7.64. The van der Waals surface area contributed by atoms with Crippen molar-refractivity contribution in [2.24, 2.45) is 23.2 Å². The molecular weight excluding hydrogens is 370 g/mol. The van der Waals surface area contributed by atoms with Crippen LogP contribution in [-0.2, 0) is 14.3 Å². The first-order valence-corrected chi connectivity index (χ1v) is 10.3.